The third-order valence-electron chi connectivity index (χ3n) is 3.23. The summed E-state index contributed by atoms with van der Waals surface area (Å²) in [5.41, 5.74) is 2.89. The molecule has 21 heavy (non-hydrogen) atoms. The van der Waals surface area contributed by atoms with Crippen LogP contribution in [0.3, 0.4) is 0 Å². The van der Waals surface area contributed by atoms with Gasteiger partial charge in [0.25, 0.3) is 0 Å². The predicted octanol–water partition coefficient (Wildman–Crippen LogP) is 5.54. The number of aromatic nitrogens is 1. The van der Waals surface area contributed by atoms with Gasteiger partial charge < -0.3 is 4.74 Å². The Morgan fingerprint density at radius 3 is 2.67 bits per heavy atom. The van der Waals surface area contributed by atoms with E-state index in [0.717, 1.165) is 32.4 Å². The predicted molar refractivity (Wildman–Crippen MR) is 90.0 cm³/mol. The minimum atomic E-state index is 0.504. The molecule has 0 atom stereocenters. The lowest BCUT2D eigenvalue weighted by Crippen LogP contribution is -1.99. The van der Waals surface area contributed by atoms with Gasteiger partial charge in [-0.2, -0.15) is 0 Å². The van der Waals surface area contributed by atoms with Crippen LogP contribution in [-0.4, -0.2) is 4.98 Å². The number of ether oxygens (including phenoxy) is 1. The molecule has 0 aliphatic carbocycles. The van der Waals surface area contributed by atoms with Crippen molar-refractivity contribution < 1.29 is 4.74 Å². The first-order valence-electron chi connectivity index (χ1n) is 6.57. The van der Waals surface area contributed by atoms with Crippen molar-refractivity contribution in [2.75, 3.05) is 0 Å². The zero-order chi connectivity index (χ0) is 14.8. The Morgan fingerprint density at radius 1 is 1.14 bits per heavy atom. The quantitative estimate of drug-likeness (QED) is 0.610. The molecular formula is C17H13BrClNO. The zero-order valence-corrected chi connectivity index (χ0v) is 13.8. The summed E-state index contributed by atoms with van der Waals surface area (Å²) in [5.74, 6) is 0.781. The number of pyridine rings is 1. The molecule has 4 heteroatoms. The summed E-state index contributed by atoms with van der Waals surface area (Å²) < 4.78 is 6.90. The summed E-state index contributed by atoms with van der Waals surface area (Å²) in [6.45, 7) is 2.46. The van der Waals surface area contributed by atoms with Crippen molar-refractivity contribution in [1.29, 1.82) is 0 Å². The average Bonchev–Trinajstić information content (AvgIpc) is 2.49. The smallest absolute Gasteiger partial charge is 0.145 e. The Labute approximate surface area is 136 Å². The minimum absolute atomic E-state index is 0.504. The van der Waals surface area contributed by atoms with Gasteiger partial charge in [0.15, 0.2) is 0 Å². The number of halogens is 2. The first-order valence-corrected chi connectivity index (χ1v) is 7.74. The van der Waals surface area contributed by atoms with E-state index in [1.54, 1.807) is 0 Å². The van der Waals surface area contributed by atoms with Gasteiger partial charge in [0.05, 0.1) is 15.7 Å². The van der Waals surface area contributed by atoms with Crippen molar-refractivity contribution >= 4 is 38.4 Å². The monoisotopic (exact) mass is 361 g/mol. The molecule has 0 N–H and O–H groups in total. The number of benzene rings is 2. The van der Waals surface area contributed by atoms with E-state index in [0.29, 0.717) is 11.6 Å². The Morgan fingerprint density at radius 2 is 1.90 bits per heavy atom. The second-order valence-corrected chi connectivity index (χ2v) is 6.01. The van der Waals surface area contributed by atoms with Crippen LogP contribution in [0.5, 0.6) is 5.75 Å². The van der Waals surface area contributed by atoms with Gasteiger partial charge in [0.1, 0.15) is 12.4 Å². The highest BCUT2D eigenvalue weighted by molar-refractivity contribution is 9.10. The Kier molecular flexibility index (Phi) is 4.13. The van der Waals surface area contributed by atoms with Crippen molar-refractivity contribution in [3.05, 3.63) is 69.3 Å². The van der Waals surface area contributed by atoms with E-state index in [9.17, 15) is 0 Å². The molecule has 0 saturated carbocycles. The highest BCUT2D eigenvalue weighted by Crippen LogP contribution is 2.36. The normalized spacial score (nSPS) is 10.8. The Balaban J connectivity index is 2.03. The fourth-order valence-electron chi connectivity index (χ4n) is 2.17. The maximum atomic E-state index is 6.10. The molecule has 0 unspecified atom stereocenters. The Bertz CT molecular complexity index is 790. The van der Waals surface area contributed by atoms with E-state index in [-0.39, 0.29) is 0 Å². The van der Waals surface area contributed by atoms with E-state index in [4.69, 9.17) is 16.3 Å². The minimum Gasteiger partial charge on any atom is -0.487 e. The molecular weight excluding hydrogens is 350 g/mol. The molecule has 3 rings (SSSR count). The van der Waals surface area contributed by atoms with Gasteiger partial charge in [-0.25, -0.2) is 0 Å². The van der Waals surface area contributed by atoms with Crippen LogP contribution in [0.15, 0.2) is 53.0 Å². The van der Waals surface area contributed by atoms with Gasteiger partial charge in [0.2, 0.25) is 0 Å². The van der Waals surface area contributed by atoms with Crippen molar-refractivity contribution in [3.63, 3.8) is 0 Å². The SMILES string of the molecule is Cc1nc2ccc(Cl)cc2c(OCc2ccccc2)c1Br. The van der Waals surface area contributed by atoms with Crippen LogP contribution in [0.2, 0.25) is 5.02 Å². The van der Waals surface area contributed by atoms with Gasteiger partial charge >= 0.3 is 0 Å². The summed E-state index contributed by atoms with van der Waals surface area (Å²) in [6.07, 6.45) is 0. The van der Waals surface area contributed by atoms with Gasteiger partial charge in [-0.05, 0) is 46.6 Å². The summed E-state index contributed by atoms with van der Waals surface area (Å²) in [7, 11) is 0. The molecule has 1 aromatic heterocycles. The fourth-order valence-corrected chi connectivity index (χ4v) is 2.76. The molecule has 0 fully saturated rings. The maximum absolute atomic E-state index is 6.10. The van der Waals surface area contributed by atoms with E-state index in [1.807, 2.05) is 55.5 Å². The number of hydrogen-bond acceptors (Lipinski definition) is 2. The van der Waals surface area contributed by atoms with E-state index in [1.165, 1.54) is 0 Å². The highest BCUT2D eigenvalue weighted by Gasteiger charge is 2.12. The standard InChI is InChI=1S/C17H13BrClNO/c1-11-16(18)17(21-10-12-5-3-2-4-6-12)14-9-13(19)7-8-15(14)20-11/h2-9H,10H2,1H3. The van der Waals surface area contributed by atoms with Gasteiger partial charge in [0, 0.05) is 10.4 Å². The fraction of sp³-hybridized carbons (Fsp3) is 0.118. The van der Waals surface area contributed by atoms with Gasteiger partial charge in [-0.15, -0.1) is 0 Å². The molecule has 0 radical (unpaired) electrons. The van der Waals surface area contributed by atoms with Crippen LogP contribution < -0.4 is 4.74 Å². The van der Waals surface area contributed by atoms with Crippen LogP contribution in [0.1, 0.15) is 11.3 Å². The number of nitrogens with zero attached hydrogens (tertiary/aromatic N) is 1. The Hall–Kier alpha value is -1.58. The summed E-state index contributed by atoms with van der Waals surface area (Å²) >= 11 is 9.67. The highest BCUT2D eigenvalue weighted by atomic mass is 79.9. The molecule has 1 heterocycles. The molecule has 0 amide bonds. The van der Waals surface area contributed by atoms with Gasteiger partial charge in [-0.1, -0.05) is 41.9 Å². The average molecular weight is 363 g/mol. The van der Waals surface area contributed by atoms with Crippen molar-refractivity contribution in [2.45, 2.75) is 13.5 Å². The molecule has 2 nitrogen and oxygen atoms in total. The number of hydrogen-bond donors (Lipinski definition) is 0. The van der Waals surface area contributed by atoms with E-state index in [2.05, 4.69) is 20.9 Å². The van der Waals surface area contributed by atoms with Crippen LogP contribution in [-0.2, 0) is 6.61 Å². The summed E-state index contributed by atoms with van der Waals surface area (Å²) in [4.78, 5) is 4.55. The molecule has 0 spiro atoms. The van der Waals surface area contributed by atoms with Crippen molar-refractivity contribution in [3.8, 4) is 5.75 Å². The second-order valence-electron chi connectivity index (χ2n) is 4.78. The number of aryl methyl sites for hydroxylation is 1. The molecule has 106 valence electrons. The number of fused-ring (bicyclic) bond motifs is 1. The second kappa shape index (κ2) is 6.04. The molecule has 2 aromatic carbocycles. The third-order valence-corrected chi connectivity index (χ3v) is 4.40. The van der Waals surface area contributed by atoms with Crippen LogP contribution in [0.25, 0.3) is 10.9 Å². The zero-order valence-electron chi connectivity index (χ0n) is 11.4. The third kappa shape index (κ3) is 3.04. The van der Waals surface area contributed by atoms with E-state index >= 15 is 0 Å². The number of rotatable bonds is 3. The first kappa shape index (κ1) is 14.4. The molecule has 0 aliphatic heterocycles. The van der Waals surface area contributed by atoms with Crippen LogP contribution in [0.4, 0.5) is 0 Å². The lowest BCUT2D eigenvalue weighted by Gasteiger charge is -2.13. The molecule has 0 saturated heterocycles. The lowest BCUT2D eigenvalue weighted by molar-refractivity contribution is 0.307. The molecule has 0 aliphatic rings. The van der Waals surface area contributed by atoms with Gasteiger partial charge in [-0.3, -0.25) is 4.98 Å². The lowest BCUT2D eigenvalue weighted by atomic mass is 10.2. The first-order chi connectivity index (χ1) is 10.1. The maximum Gasteiger partial charge on any atom is 0.145 e. The summed E-state index contributed by atoms with van der Waals surface area (Å²) in [6, 6.07) is 15.7. The summed E-state index contributed by atoms with van der Waals surface area (Å²) in [5, 5.41) is 1.58. The molecule has 3 aromatic rings. The van der Waals surface area contributed by atoms with Crippen molar-refractivity contribution in [1.82, 2.24) is 4.98 Å². The van der Waals surface area contributed by atoms with Crippen LogP contribution in [0, 0.1) is 6.92 Å². The van der Waals surface area contributed by atoms with Crippen LogP contribution >= 0.6 is 27.5 Å². The van der Waals surface area contributed by atoms with Crippen molar-refractivity contribution in [2.24, 2.45) is 0 Å². The topological polar surface area (TPSA) is 22.1 Å². The van der Waals surface area contributed by atoms with E-state index < -0.39 is 0 Å². The largest absolute Gasteiger partial charge is 0.487 e. The molecule has 0 bridgehead atoms.